The van der Waals surface area contributed by atoms with Crippen LogP contribution in [0.2, 0.25) is 0 Å². The molecule has 0 aromatic rings. The number of rotatable bonds is 11. The van der Waals surface area contributed by atoms with Crippen molar-refractivity contribution in [2.24, 2.45) is 0 Å². The average Bonchev–Trinajstić information content (AvgIpc) is 2.29. The number of aliphatic hydroxyl groups excluding tert-OH is 2. The predicted octanol–water partition coefficient (Wildman–Crippen LogP) is 1.21. The van der Waals surface area contributed by atoms with E-state index in [9.17, 15) is 4.79 Å². The Kier molecular flexibility index (Phi) is 12.0. The molecule has 0 rings (SSSR count). The lowest BCUT2D eigenvalue weighted by molar-refractivity contribution is -0.121. The minimum absolute atomic E-state index is 0.111. The molecule has 0 saturated carbocycles. The molecule has 0 unspecified atom stereocenters. The molecule has 0 saturated heterocycles. The zero-order chi connectivity index (χ0) is 12.1. The van der Waals surface area contributed by atoms with E-state index in [1.54, 1.807) is 0 Å². The van der Waals surface area contributed by atoms with Crippen LogP contribution in [0.25, 0.3) is 0 Å². The Balaban J connectivity index is 3.11. The maximum atomic E-state index is 11.3. The molecule has 0 aliphatic heterocycles. The Morgan fingerprint density at radius 3 is 2.00 bits per heavy atom. The Bertz CT molecular complexity index is 162. The lowest BCUT2D eigenvalue weighted by atomic mass is 10.2. The van der Waals surface area contributed by atoms with Crippen molar-refractivity contribution in [3.8, 4) is 0 Å². The standard InChI is InChI=1S/C12H25NO3/c14-10-6-2-1-5-9-13-12(16)8-4-3-7-11-15/h14-15H,1-11H2,(H,13,16). The summed E-state index contributed by atoms with van der Waals surface area (Å²) in [5, 5.41) is 20.0. The van der Waals surface area contributed by atoms with E-state index in [4.69, 9.17) is 10.2 Å². The van der Waals surface area contributed by atoms with Gasteiger partial charge in [-0.15, -0.1) is 0 Å². The molecule has 0 heterocycles. The molecule has 96 valence electrons. The van der Waals surface area contributed by atoms with E-state index in [0.29, 0.717) is 6.42 Å². The third kappa shape index (κ3) is 11.5. The summed E-state index contributed by atoms with van der Waals surface area (Å²) in [7, 11) is 0. The minimum Gasteiger partial charge on any atom is -0.396 e. The number of hydrogen-bond acceptors (Lipinski definition) is 3. The van der Waals surface area contributed by atoms with Crippen molar-refractivity contribution in [1.29, 1.82) is 0 Å². The molecule has 4 heteroatoms. The van der Waals surface area contributed by atoms with Crippen LogP contribution in [-0.2, 0) is 4.79 Å². The van der Waals surface area contributed by atoms with Gasteiger partial charge in [0.25, 0.3) is 0 Å². The maximum absolute atomic E-state index is 11.3. The number of amides is 1. The average molecular weight is 231 g/mol. The molecule has 0 radical (unpaired) electrons. The van der Waals surface area contributed by atoms with Gasteiger partial charge in [0.1, 0.15) is 0 Å². The molecule has 0 atom stereocenters. The van der Waals surface area contributed by atoms with Crippen molar-refractivity contribution < 1.29 is 15.0 Å². The third-order valence-electron chi connectivity index (χ3n) is 2.47. The highest BCUT2D eigenvalue weighted by Crippen LogP contribution is 2.00. The Labute approximate surface area is 98.1 Å². The summed E-state index contributed by atoms with van der Waals surface area (Å²) >= 11 is 0. The second-order valence-corrected chi connectivity index (χ2v) is 4.02. The van der Waals surface area contributed by atoms with E-state index in [1.165, 1.54) is 0 Å². The van der Waals surface area contributed by atoms with Crippen molar-refractivity contribution in [3.05, 3.63) is 0 Å². The van der Waals surface area contributed by atoms with Gasteiger partial charge in [-0.1, -0.05) is 19.3 Å². The molecule has 0 aliphatic rings. The molecule has 0 aromatic carbocycles. The van der Waals surface area contributed by atoms with Crippen LogP contribution in [0, 0.1) is 0 Å². The van der Waals surface area contributed by atoms with Crippen LogP contribution in [0.1, 0.15) is 51.4 Å². The van der Waals surface area contributed by atoms with Gasteiger partial charge in [0.05, 0.1) is 0 Å². The highest BCUT2D eigenvalue weighted by atomic mass is 16.3. The van der Waals surface area contributed by atoms with Gasteiger partial charge in [0.15, 0.2) is 0 Å². The predicted molar refractivity (Wildman–Crippen MR) is 64.1 cm³/mol. The number of nitrogens with one attached hydrogen (secondary N) is 1. The fourth-order valence-electron chi connectivity index (χ4n) is 1.48. The molecular formula is C12H25NO3. The summed E-state index contributed by atoms with van der Waals surface area (Å²) in [6.45, 7) is 1.22. The van der Waals surface area contributed by atoms with Crippen LogP contribution in [-0.4, -0.2) is 35.9 Å². The summed E-state index contributed by atoms with van der Waals surface area (Å²) in [6, 6.07) is 0. The normalized spacial score (nSPS) is 10.4. The molecule has 0 spiro atoms. The van der Waals surface area contributed by atoms with E-state index in [0.717, 1.165) is 51.5 Å². The molecular weight excluding hydrogens is 206 g/mol. The number of aliphatic hydroxyl groups is 2. The van der Waals surface area contributed by atoms with Crippen LogP contribution in [0.3, 0.4) is 0 Å². The van der Waals surface area contributed by atoms with Crippen LogP contribution in [0.15, 0.2) is 0 Å². The number of unbranched alkanes of at least 4 members (excludes halogenated alkanes) is 5. The van der Waals surface area contributed by atoms with E-state index in [-0.39, 0.29) is 19.1 Å². The lowest BCUT2D eigenvalue weighted by Crippen LogP contribution is -2.23. The Morgan fingerprint density at radius 1 is 0.812 bits per heavy atom. The third-order valence-corrected chi connectivity index (χ3v) is 2.47. The first-order chi connectivity index (χ1) is 7.81. The first-order valence-corrected chi connectivity index (χ1v) is 6.29. The number of carbonyl (C=O) groups excluding carboxylic acids is 1. The van der Waals surface area contributed by atoms with E-state index < -0.39 is 0 Å². The smallest absolute Gasteiger partial charge is 0.219 e. The van der Waals surface area contributed by atoms with E-state index in [2.05, 4.69) is 5.32 Å². The molecule has 0 fully saturated rings. The van der Waals surface area contributed by atoms with Crippen molar-refractivity contribution in [3.63, 3.8) is 0 Å². The topological polar surface area (TPSA) is 69.6 Å². The van der Waals surface area contributed by atoms with Gasteiger partial charge in [-0.2, -0.15) is 0 Å². The maximum Gasteiger partial charge on any atom is 0.219 e. The fourth-order valence-corrected chi connectivity index (χ4v) is 1.48. The molecule has 4 nitrogen and oxygen atoms in total. The zero-order valence-electron chi connectivity index (χ0n) is 10.1. The largest absolute Gasteiger partial charge is 0.396 e. The van der Waals surface area contributed by atoms with Gasteiger partial charge in [0.2, 0.25) is 5.91 Å². The molecule has 0 aliphatic carbocycles. The highest BCUT2D eigenvalue weighted by molar-refractivity contribution is 5.75. The molecule has 1 amide bonds. The van der Waals surface area contributed by atoms with Gasteiger partial charge in [-0.05, 0) is 25.7 Å². The van der Waals surface area contributed by atoms with Crippen LogP contribution in [0.5, 0.6) is 0 Å². The molecule has 16 heavy (non-hydrogen) atoms. The van der Waals surface area contributed by atoms with E-state index >= 15 is 0 Å². The summed E-state index contributed by atoms with van der Waals surface area (Å²) in [6.07, 6.45) is 7.06. The van der Waals surface area contributed by atoms with Gasteiger partial charge in [-0.3, -0.25) is 4.79 Å². The number of carbonyl (C=O) groups is 1. The monoisotopic (exact) mass is 231 g/mol. The summed E-state index contributed by atoms with van der Waals surface area (Å²) in [4.78, 5) is 11.3. The van der Waals surface area contributed by atoms with E-state index in [1.807, 2.05) is 0 Å². The van der Waals surface area contributed by atoms with Crippen LogP contribution < -0.4 is 5.32 Å². The van der Waals surface area contributed by atoms with Crippen molar-refractivity contribution >= 4 is 5.91 Å². The van der Waals surface area contributed by atoms with Gasteiger partial charge in [-0.25, -0.2) is 0 Å². The van der Waals surface area contributed by atoms with Crippen molar-refractivity contribution in [2.75, 3.05) is 19.8 Å². The first kappa shape index (κ1) is 15.4. The highest BCUT2D eigenvalue weighted by Gasteiger charge is 1.99. The minimum atomic E-state index is 0.111. The number of hydrogen-bond donors (Lipinski definition) is 3. The summed E-state index contributed by atoms with van der Waals surface area (Å²) in [5.41, 5.74) is 0. The lowest BCUT2D eigenvalue weighted by Gasteiger charge is -2.04. The first-order valence-electron chi connectivity index (χ1n) is 6.29. The fraction of sp³-hybridized carbons (Fsp3) is 0.917. The second-order valence-electron chi connectivity index (χ2n) is 4.02. The van der Waals surface area contributed by atoms with Gasteiger partial charge >= 0.3 is 0 Å². The van der Waals surface area contributed by atoms with Crippen molar-refractivity contribution in [1.82, 2.24) is 5.32 Å². The van der Waals surface area contributed by atoms with Gasteiger partial charge < -0.3 is 15.5 Å². The molecule has 0 aromatic heterocycles. The Hall–Kier alpha value is -0.610. The summed E-state index contributed by atoms with van der Waals surface area (Å²) in [5.74, 6) is 0.111. The van der Waals surface area contributed by atoms with Crippen molar-refractivity contribution in [2.45, 2.75) is 51.4 Å². The quantitative estimate of drug-likeness (QED) is 0.468. The van der Waals surface area contributed by atoms with Crippen LogP contribution in [0.4, 0.5) is 0 Å². The van der Waals surface area contributed by atoms with Gasteiger partial charge in [0, 0.05) is 26.2 Å². The molecule has 0 bridgehead atoms. The summed E-state index contributed by atoms with van der Waals surface area (Å²) < 4.78 is 0. The zero-order valence-corrected chi connectivity index (χ0v) is 10.1. The molecule has 3 N–H and O–H groups in total. The Morgan fingerprint density at radius 2 is 1.38 bits per heavy atom. The second kappa shape index (κ2) is 12.5. The SMILES string of the molecule is O=C(CCCCCO)NCCCCCCO. The van der Waals surface area contributed by atoms with Crippen LogP contribution >= 0.6 is 0 Å².